The smallest absolute Gasteiger partial charge is 0.272 e. The van der Waals surface area contributed by atoms with Crippen molar-refractivity contribution in [3.8, 4) is 0 Å². The maximum Gasteiger partial charge on any atom is 0.272 e. The molecule has 0 saturated carbocycles. The predicted molar refractivity (Wildman–Crippen MR) is 100 cm³/mol. The van der Waals surface area contributed by atoms with Crippen LogP contribution in [0.3, 0.4) is 0 Å². The summed E-state index contributed by atoms with van der Waals surface area (Å²) < 4.78 is 22.3. The molecule has 0 unspecified atom stereocenters. The number of amides is 1. The Morgan fingerprint density at radius 1 is 1.29 bits per heavy atom. The van der Waals surface area contributed by atoms with Gasteiger partial charge in [0.25, 0.3) is 5.91 Å². The van der Waals surface area contributed by atoms with Crippen LogP contribution in [-0.2, 0) is 37.9 Å². The molecule has 1 aliphatic heterocycles. The van der Waals surface area contributed by atoms with Gasteiger partial charge in [0.15, 0.2) is 5.69 Å². The van der Waals surface area contributed by atoms with Gasteiger partial charge >= 0.3 is 0 Å². The van der Waals surface area contributed by atoms with Gasteiger partial charge in [0.2, 0.25) is 0 Å². The molecule has 0 bridgehead atoms. The van der Waals surface area contributed by atoms with Gasteiger partial charge in [-0.3, -0.25) is 14.2 Å². The number of aromatic nitrogens is 4. The van der Waals surface area contributed by atoms with Crippen molar-refractivity contribution in [3.05, 3.63) is 70.1 Å². The van der Waals surface area contributed by atoms with E-state index in [0.717, 1.165) is 28.2 Å². The molecule has 1 N–H and O–H groups in total. The van der Waals surface area contributed by atoms with E-state index in [4.69, 9.17) is 4.74 Å². The van der Waals surface area contributed by atoms with E-state index in [1.165, 1.54) is 12.1 Å². The van der Waals surface area contributed by atoms with Crippen molar-refractivity contribution in [2.24, 2.45) is 7.05 Å². The number of rotatable bonds is 5. The summed E-state index contributed by atoms with van der Waals surface area (Å²) in [6, 6.07) is 8.25. The van der Waals surface area contributed by atoms with Crippen molar-refractivity contribution >= 4 is 5.91 Å². The van der Waals surface area contributed by atoms with Crippen LogP contribution in [0.1, 0.15) is 38.7 Å². The Balaban J connectivity index is 1.56. The largest absolute Gasteiger partial charge is 0.376 e. The zero-order valence-corrected chi connectivity index (χ0v) is 15.9. The highest BCUT2D eigenvalue weighted by molar-refractivity contribution is 5.94. The van der Waals surface area contributed by atoms with Crippen LogP contribution in [-0.4, -0.2) is 32.1 Å². The topological polar surface area (TPSA) is 74.0 Å². The van der Waals surface area contributed by atoms with Crippen molar-refractivity contribution < 1.29 is 13.9 Å². The van der Waals surface area contributed by atoms with Gasteiger partial charge in [-0.1, -0.05) is 12.1 Å². The minimum Gasteiger partial charge on any atom is -0.376 e. The molecule has 1 aromatic carbocycles. The fourth-order valence-electron chi connectivity index (χ4n) is 3.47. The molecule has 3 heterocycles. The highest BCUT2D eigenvalue weighted by Gasteiger charge is 2.25. The summed E-state index contributed by atoms with van der Waals surface area (Å²) in [6.07, 6.45) is 0.692. The number of nitrogens with one attached hydrogen (secondary N) is 1. The maximum atomic E-state index is 13.2. The maximum absolute atomic E-state index is 13.2. The van der Waals surface area contributed by atoms with Crippen LogP contribution in [0.25, 0.3) is 0 Å². The molecule has 146 valence electrons. The molecule has 0 radical (unpaired) electrons. The number of ether oxygens (including phenoxy) is 1. The Bertz CT molecular complexity index is 1010. The number of aryl methyl sites for hydroxylation is 2. The van der Waals surface area contributed by atoms with Gasteiger partial charge in [-0.15, -0.1) is 0 Å². The van der Waals surface area contributed by atoms with Crippen molar-refractivity contribution in [1.29, 1.82) is 0 Å². The minimum atomic E-state index is -0.273. The molecule has 1 amide bonds. The molecular weight excluding hydrogens is 361 g/mol. The minimum absolute atomic E-state index is 0.238. The van der Waals surface area contributed by atoms with Gasteiger partial charge in [0.1, 0.15) is 5.82 Å². The van der Waals surface area contributed by atoms with E-state index < -0.39 is 0 Å². The SMILES string of the molecule is Cc1cc(CNC(=O)c2nn(Cc3ccc(F)cc3)c3c2COCC3)n(C)n1. The third-order valence-electron chi connectivity index (χ3n) is 4.89. The first-order valence-electron chi connectivity index (χ1n) is 9.19. The number of fused-ring (bicyclic) bond motifs is 1. The highest BCUT2D eigenvalue weighted by atomic mass is 19.1. The second kappa shape index (κ2) is 7.55. The Morgan fingerprint density at radius 3 is 2.79 bits per heavy atom. The number of halogens is 1. The van der Waals surface area contributed by atoms with E-state index in [1.807, 2.05) is 24.7 Å². The van der Waals surface area contributed by atoms with Gasteiger partial charge in [-0.05, 0) is 30.7 Å². The van der Waals surface area contributed by atoms with Gasteiger partial charge in [-0.2, -0.15) is 10.2 Å². The number of carbonyl (C=O) groups is 1. The molecule has 2 aromatic heterocycles. The van der Waals surface area contributed by atoms with E-state index in [-0.39, 0.29) is 11.7 Å². The van der Waals surface area contributed by atoms with Crippen molar-refractivity contribution in [2.45, 2.75) is 33.0 Å². The number of carbonyl (C=O) groups excluding carboxylic acids is 1. The molecule has 28 heavy (non-hydrogen) atoms. The average Bonchev–Trinajstić information content (AvgIpc) is 3.21. The summed E-state index contributed by atoms with van der Waals surface area (Å²) in [7, 11) is 1.85. The van der Waals surface area contributed by atoms with Crippen LogP contribution < -0.4 is 5.32 Å². The molecule has 0 aliphatic carbocycles. The molecule has 0 atom stereocenters. The average molecular weight is 383 g/mol. The molecule has 1 aliphatic rings. The molecule has 7 nitrogen and oxygen atoms in total. The van der Waals surface area contributed by atoms with E-state index in [0.29, 0.717) is 38.4 Å². The third-order valence-corrected chi connectivity index (χ3v) is 4.89. The number of hydrogen-bond acceptors (Lipinski definition) is 4. The molecular formula is C20H22FN5O2. The summed E-state index contributed by atoms with van der Waals surface area (Å²) in [5.74, 6) is -0.511. The third kappa shape index (κ3) is 3.68. The number of nitrogens with zero attached hydrogens (tertiary/aromatic N) is 4. The van der Waals surface area contributed by atoms with E-state index in [9.17, 15) is 9.18 Å². The summed E-state index contributed by atoms with van der Waals surface area (Å²) in [6.45, 7) is 3.73. The molecule has 0 saturated heterocycles. The van der Waals surface area contributed by atoms with Crippen LogP contribution in [0.2, 0.25) is 0 Å². The van der Waals surface area contributed by atoms with Gasteiger partial charge in [0, 0.05) is 24.7 Å². The predicted octanol–water partition coefficient (Wildman–Crippen LogP) is 2.12. The summed E-state index contributed by atoms with van der Waals surface area (Å²) in [4.78, 5) is 12.8. The second-order valence-corrected chi connectivity index (χ2v) is 6.94. The first kappa shape index (κ1) is 18.4. The fraction of sp³-hybridized carbons (Fsp3) is 0.350. The lowest BCUT2D eigenvalue weighted by Crippen LogP contribution is -2.26. The molecule has 4 rings (SSSR count). The zero-order chi connectivity index (χ0) is 19.7. The lowest BCUT2D eigenvalue weighted by molar-refractivity contribution is 0.0922. The van der Waals surface area contributed by atoms with Gasteiger partial charge in [0.05, 0.1) is 37.7 Å². The Hall–Kier alpha value is -3.00. The number of benzene rings is 1. The van der Waals surface area contributed by atoms with Crippen LogP contribution >= 0.6 is 0 Å². The first-order chi connectivity index (χ1) is 13.5. The van der Waals surface area contributed by atoms with Crippen molar-refractivity contribution in [2.75, 3.05) is 6.61 Å². The van der Waals surface area contributed by atoms with E-state index in [1.54, 1.807) is 16.8 Å². The molecule has 0 fully saturated rings. The van der Waals surface area contributed by atoms with Crippen LogP contribution in [0.4, 0.5) is 4.39 Å². The van der Waals surface area contributed by atoms with Crippen molar-refractivity contribution in [3.63, 3.8) is 0 Å². The Kier molecular flexibility index (Phi) is 4.95. The summed E-state index contributed by atoms with van der Waals surface area (Å²) in [5, 5.41) is 11.8. The lowest BCUT2D eigenvalue weighted by Gasteiger charge is -2.15. The van der Waals surface area contributed by atoms with E-state index >= 15 is 0 Å². The summed E-state index contributed by atoms with van der Waals surface area (Å²) >= 11 is 0. The van der Waals surface area contributed by atoms with Crippen molar-refractivity contribution in [1.82, 2.24) is 24.9 Å². The molecule has 8 heteroatoms. The summed E-state index contributed by atoms with van der Waals surface area (Å²) in [5.41, 5.74) is 4.96. The Morgan fingerprint density at radius 2 is 2.07 bits per heavy atom. The Labute approximate surface area is 162 Å². The number of hydrogen-bond donors (Lipinski definition) is 1. The molecule has 3 aromatic rings. The van der Waals surface area contributed by atoms with E-state index in [2.05, 4.69) is 15.5 Å². The standard InChI is InChI=1S/C20H22FN5O2/c1-13-9-16(25(2)23-13)10-22-20(27)19-17-12-28-8-7-18(17)26(24-19)11-14-3-5-15(21)6-4-14/h3-6,9H,7-8,10-12H2,1-2H3,(H,22,27). The van der Waals surface area contributed by atoms with Crippen LogP contribution in [0.5, 0.6) is 0 Å². The van der Waals surface area contributed by atoms with Crippen LogP contribution in [0, 0.1) is 12.7 Å². The van der Waals surface area contributed by atoms with Crippen LogP contribution in [0.15, 0.2) is 30.3 Å². The quantitative estimate of drug-likeness (QED) is 0.732. The van der Waals surface area contributed by atoms with Gasteiger partial charge < -0.3 is 10.1 Å². The zero-order valence-electron chi connectivity index (χ0n) is 15.9. The normalized spacial score (nSPS) is 13.4. The second-order valence-electron chi connectivity index (χ2n) is 6.94. The monoisotopic (exact) mass is 383 g/mol. The first-order valence-corrected chi connectivity index (χ1v) is 9.19. The highest BCUT2D eigenvalue weighted by Crippen LogP contribution is 2.22. The molecule has 0 spiro atoms. The lowest BCUT2D eigenvalue weighted by atomic mass is 10.1. The van der Waals surface area contributed by atoms with Gasteiger partial charge in [-0.25, -0.2) is 4.39 Å². The fourth-order valence-corrected chi connectivity index (χ4v) is 3.47.